The Balaban J connectivity index is 2.12. The van der Waals surface area contributed by atoms with E-state index in [1.54, 1.807) is 0 Å². The molecule has 0 aliphatic heterocycles. The van der Waals surface area contributed by atoms with Crippen LogP contribution in [0.4, 0.5) is 18.9 Å². The molecule has 1 aliphatic rings. The minimum Gasteiger partial charge on any atom is -0.481 e. The SMILES string of the molecule is O=C(O)[C@@H]1CCCC[C@H]1C(=O)Nc1cccc(C(F)(F)F)c1. The highest BCUT2D eigenvalue weighted by Crippen LogP contribution is 2.33. The van der Waals surface area contributed by atoms with Crippen LogP contribution in [0.25, 0.3) is 0 Å². The molecule has 1 aromatic rings. The van der Waals surface area contributed by atoms with E-state index >= 15 is 0 Å². The van der Waals surface area contributed by atoms with Gasteiger partial charge >= 0.3 is 12.1 Å². The molecule has 7 heteroatoms. The fourth-order valence-electron chi connectivity index (χ4n) is 2.75. The Kier molecular flexibility index (Phi) is 4.73. The van der Waals surface area contributed by atoms with Crippen molar-refractivity contribution in [1.29, 1.82) is 0 Å². The zero-order chi connectivity index (χ0) is 16.3. The number of amides is 1. The van der Waals surface area contributed by atoms with Gasteiger partial charge in [0.25, 0.3) is 0 Å². The van der Waals surface area contributed by atoms with Gasteiger partial charge in [-0.2, -0.15) is 13.2 Å². The first kappa shape index (κ1) is 16.3. The fraction of sp³-hybridized carbons (Fsp3) is 0.467. The summed E-state index contributed by atoms with van der Waals surface area (Å²) in [7, 11) is 0. The van der Waals surface area contributed by atoms with Gasteiger partial charge in [-0.05, 0) is 31.0 Å². The summed E-state index contributed by atoms with van der Waals surface area (Å²) in [6.45, 7) is 0. The Bertz CT molecular complexity index is 571. The van der Waals surface area contributed by atoms with Crippen molar-refractivity contribution in [2.75, 3.05) is 5.32 Å². The maximum Gasteiger partial charge on any atom is 0.416 e. The van der Waals surface area contributed by atoms with Crippen molar-refractivity contribution in [2.24, 2.45) is 11.8 Å². The number of halogens is 3. The summed E-state index contributed by atoms with van der Waals surface area (Å²) in [5.74, 6) is -3.06. The number of alkyl halides is 3. The number of carboxylic acid groups (broad SMARTS) is 1. The highest BCUT2D eigenvalue weighted by molar-refractivity contribution is 5.95. The first-order valence-corrected chi connectivity index (χ1v) is 7.00. The monoisotopic (exact) mass is 315 g/mol. The van der Waals surface area contributed by atoms with E-state index in [0.29, 0.717) is 12.8 Å². The topological polar surface area (TPSA) is 66.4 Å². The number of hydrogen-bond donors (Lipinski definition) is 2. The van der Waals surface area contributed by atoms with Gasteiger partial charge in [-0.3, -0.25) is 9.59 Å². The van der Waals surface area contributed by atoms with E-state index in [1.807, 2.05) is 0 Å². The van der Waals surface area contributed by atoms with E-state index in [-0.39, 0.29) is 5.69 Å². The third-order valence-electron chi connectivity index (χ3n) is 3.88. The van der Waals surface area contributed by atoms with Crippen molar-refractivity contribution >= 4 is 17.6 Å². The number of carboxylic acids is 1. The summed E-state index contributed by atoms with van der Waals surface area (Å²) in [5.41, 5.74) is -0.835. The standard InChI is InChI=1S/C15H16F3NO3/c16-15(17,18)9-4-3-5-10(8-9)19-13(20)11-6-1-2-7-12(11)14(21)22/h3-5,8,11-12H,1-2,6-7H2,(H,19,20)(H,21,22)/t11-,12-/m1/s1. The van der Waals surface area contributed by atoms with Gasteiger partial charge in [0, 0.05) is 5.69 Å². The van der Waals surface area contributed by atoms with Crippen LogP contribution in [0.1, 0.15) is 31.2 Å². The predicted octanol–water partition coefficient (Wildman–Crippen LogP) is 3.53. The number of benzene rings is 1. The van der Waals surface area contributed by atoms with E-state index in [2.05, 4.69) is 5.32 Å². The number of carbonyl (C=O) groups is 2. The molecule has 120 valence electrons. The van der Waals surface area contributed by atoms with Crippen molar-refractivity contribution < 1.29 is 27.9 Å². The first-order chi connectivity index (χ1) is 10.3. The van der Waals surface area contributed by atoms with Crippen molar-refractivity contribution in [2.45, 2.75) is 31.9 Å². The smallest absolute Gasteiger partial charge is 0.416 e. The van der Waals surface area contributed by atoms with Crippen LogP contribution in [0.3, 0.4) is 0 Å². The quantitative estimate of drug-likeness (QED) is 0.896. The molecule has 0 unspecified atom stereocenters. The highest BCUT2D eigenvalue weighted by Gasteiger charge is 2.36. The zero-order valence-electron chi connectivity index (χ0n) is 11.7. The molecule has 0 saturated heterocycles. The molecule has 2 rings (SSSR count). The largest absolute Gasteiger partial charge is 0.481 e. The van der Waals surface area contributed by atoms with Crippen molar-refractivity contribution in [3.8, 4) is 0 Å². The van der Waals surface area contributed by atoms with E-state index in [9.17, 15) is 22.8 Å². The summed E-state index contributed by atoms with van der Waals surface area (Å²) >= 11 is 0. The first-order valence-electron chi connectivity index (χ1n) is 7.00. The molecule has 0 spiro atoms. The molecule has 1 saturated carbocycles. The lowest BCUT2D eigenvalue weighted by Crippen LogP contribution is -2.36. The van der Waals surface area contributed by atoms with Gasteiger partial charge in [0.05, 0.1) is 17.4 Å². The number of rotatable bonds is 3. The van der Waals surface area contributed by atoms with E-state index in [1.165, 1.54) is 12.1 Å². The number of aliphatic carboxylic acids is 1. The summed E-state index contributed by atoms with van der Waals surface area (Å²) < 4.78 is 37.9. The van der Waals surface area contributed by atoms with Crippen LogP contribution in [-0.4, -0.2) is 17.0 Å². The molecule has 0 aromatic heterocycles. The molecular formula is C15H16F3NO3. The van der Waals surface area contributed by atoms with Crippen molar-refractivity contribution in [3.05, 3.63) is 29.8 Å². The van der Waals surface area contributed by atoms with Gasteiger partial charge in [-0.1, -0.05) is 18.9 Å². The molecule has 1 fully saturated rings. The molecule has 2 atom stereocenters. The Labute approximate surface area is 125 Å². The van der Waals surface area contributed by atoms with Gasteiger partial charge in [0.1, 0.15) is 0 Å². The lowest BCUT2D eigenvalue weighted by Gasteiger charge is -2.27. The van der Waals surface area contributed by atoms with Gasteiger partial charge in [-0.25, -0.2) is 0 Å². The van der Waals surface area contributed by atoms with E-state index < -0.39 is 35.5 Å². The average Bonchev–Trinajstić information content (AvgIpc) is 2.46. The lowest BCUT2D eigenvalue weighted by atomic mass is 9.78. The maximum absolute atomic E-state index is 12.6. The zero-order valence-corrected chi connectivity index (χ0v) is 11.7. The van der Waals surface area contributed by atoms with Crippen molar-refractivity contribution in [3.63, 3.8) is 0 Å². The Morgan fingerprint density at radius 3 is 2.36 bits per heavy atom. The second-order valence-electron chi connectivity index (χ2n) is 5.40. The molecule has 0 radical (unpaired) electrons. The third kappa shape index (κ3) is 3.78. The number of nitrogens with one attached hydrogen (secondary N) is 1. The highest BCUT2D eigenvalue weighted by atomic mass is 19.4. The molecular weight excluding hydrogens is 299 g/mol. The summed E-state index contributed by atoms with van der Waals surface area (Å²) in [6, 6.07) is 4.31. The molecule has 4 nitrogen and oxygen atoms in total. The molecule has 1 aliphatic carbocycles. The van der Waals surface area contributed by atoms with Crippen LogP contribution in [0.5, 0.6) is 0 Å². The minimum absolute atomic E-state index is 0.0227. The van der Waals surface area contributed by atoms with Crippen LogP contribution in [0, 0.1) is 11.8 Å². The van der Waals surface area contributed by atoms with Crippen LogP contribution in [0.15, 0.2) is 24.3 Å². The normalized spacial score (nSPS) is 22.1. The number of hydrogen-bond acceptors (Lipinski definition) is 2. The van der Waals surface area contributed by atoms with Gasteiger partial charge < -0.3 is 10.4 Å². The van der Waals surface area contributed by atoms with Gasteiger partial charge in [-0.15, -0.1) is 0 Å². The summed E-state index contributed by atoms with van der Waals surface area (Å²) in [6.07, 6.45) is -2.16. The average molecular weight is 315 g/mol. The minimum atomic E-state index is -4.49. The molecule has 22 heavy (non-hydrogen) atoms. The van der Waals surface area contributed by atoms with Crippen LogP contribution < -0.4 is 5.32 Å². The molecule has 0 heterocycles. The van der Waals surface area contributed by atoms with Crippen molar-refractivity contribution in [1.82, 2.24) is 0 Å². The second-order valence-corrected chi connectivity index (χ2v) is 5.40. The number of anilines is 1. The summed E-state index contributed by atoms with van der Waals surface area (Å²) in [5, 5.41) is 11.6. The molecule has 2 N–H and O–H groups in total. The van der Waals surface area contributed by atoms with Gasteiger partial charge in [0.15, 0.2) is 0 Å². The van der Waals surface area contributed by atoms with Crippen LogP contribution >= 0.6 is 0 Å². The second kappa shape index (κ2) is 6.37. The van der Waals surface area contributed by atoms with E-state index in [0.717, 1.165) is 25.0 Å². The van der Waals surface area contributed by atoms with E-state index in [4.69, 9.17) is 5.11 Å². The van der Waals surface area contributed by atoms with Crippen LogP contribution in [0.2, 0.25) is 0 Å². The number of carbonyl (C=O) groups excluding carboxylic acids is 1. The summed E-state index contributed by atoms with van der Waals surface area (Å²) in [4.78, 5) is 23.4. The Hall–Kier alpha value is -2.05. The maximum atomic E-state index is 12.6. The predicted molar refractivity (Wildman–Crippen MR) is 73.2 cm³/mol. The molecule has 1 amide bonds. The molecule has 0 bridgehead atoms. The fourth-order valence-corrected chi connectivity index (χ4v) is 2.75. The third-order valence-corrected chi connectivity index (χ3v) is 3.88. The Morgan fingerprint density at radius 1 is 1.14 bits per heavy atom. The lowest BCUT2D eigenvalue weighted by molar-refractivity contribution is -0.147. The van der Waals surface area contributed by atoms with Crippen LogP contribution in [-0.2, 0) is 15.8 Å². The molecule has 1 aromatic carbocycles. The van der Waals surface area contributed by atoms with Gasteiger partial charge in [0.2, 0.25) is 5.91 Å². The Morgan fingerprint density at radius 2 is 1.77 bits per heavy atom.